The minimum Gasteiger partial charge on any atom is -0.495 e. The predicted octanol–water partition coefficient (Wildman–Crippen LogP) is 4.74. The van der Waals surface area contributed by atoms with E-state index < -0.39 is 5.82 Å². The van der Waals surface area contributed by atoms with E-state index in [9.17, 15) is 9.18 Å². The molecular formula is C18H19Cl2FN2O2. The van der Waals surface area contributed by atoms with Gasteiger partial charge in [-0.1, -0.05) is 29.3 Å². The summed E-state index contributed by atoms with van der Waals surface area (Å²) in [5.41, 5.74) is 2.13. The maximum atomic E-state index is 13.6. The molecule has 0 bridgehead atoms. The van der Waals surface area contributed by atoms with Crippen molar-refractivity contribution in [3.63, 3.8) is 0 Å². The van der Waals surface area contributed by atoms with Gasteiger partial charge in [0.05, 0.1) is 24.4 Å². The smallest absolute Gasteiger partial charge is 0.238 e. The highest BCUT2D eigenvalue weighted by molar-refractivity contribution is 6.35. The summed E-state index contributed by atoms with van der Waals surface area (Å²) in [6, 6.07) is 7.80. The normalized spacial score (nSPS) is 11.9. The number of hydrogen-bond acceptors (Lipinski definition) is 3. The number of ether oxygens (including phenoxy) is 1. The summed E-state index contributed by atoms with van der Waals surface area (Å²) in [6.07, 6.45) is 0. The molecule has 0 unspecified atom stereocenters. The average molecular weight is 385 g/mol. The van der Waals surface area contributed by atoms with E-state index in [1.807, 2.05) is 19.1 Å². The number of halogens is 3. The van der Waals surface area contributed by atoms with Gasteiger partial charge in [0, 0.05) is 11.1 Å². The second-order valence-corrected chi connectivity index (χ2v) is 6.46. The van der Waals surface area contributed by atoms with Gasteiger partial charge in [-0.3, -0.25) is 4.79 Å². The van der Waals surface area contributed by atoms with Crippen molar-refractivity contribution in [3.05, 3.63) is 57.3 Å². The average Bonchev–Trinajstić information content (AvgIpc) is 2.56. The highest BCUT2D eigenvalue weighted by atomic mass is 35.5. The second kappa shape index (κ2) is 8.52. The summed E-state index contributed by atoms with van der Waals surface area (Å²) >= 11 is 11.8. The van der Waals surface area contributed by atoms with Crippen LogP contribution in [0.2, 0.25) is 10.0 Å². The number of rotatable bonds is 6. The number of aryl methyl sites for hydroxylation is 1. The molecular weight excluding hydrogens is 366 g/mol. The highest BCUT2D eigenvalue weighted by Gasteiger charge is 2.15. The lowest BCUT2D eigenvalue weighted by Gasteiger charge is -2.17. The van der Waals surface area contributed by atoms with Crippen molar-refractivity contribution < 1.29 is 13.9 Å². The Morgan fingerprint density at radius 1 is 1.24 bits per heavy atom. The molecule has 0 saturated carbocycles. The Balaban J connectivity index is 2.00. The summed E-state index contributed by atoms with van der Waals surface area (Å²) in [4.78, 5) is 12.2. The molecule has 1 amide bonds. The van der Waals surface area contributed by atoms with E-state index >= 15 is 0 Å². The molecule has 0 aliphatic rings. The van der Waals surface area contributed by atoms with Crippen LogP contribution < -0.4 is 15.4 Å². The number of methoxy groups -OCH3 is 1. The third-order valence-electron chi connectivity index (χ3n) is 3.70. The van der Waals surface area contributed by atoms with Crippen molar-refractivity contribution in [3.8, 4) is 5.75 Å². The first-order valence-electron chi connectivity index (χ1n) is 7.64. The molecule has 1 atom stereocenters. The Morgan fingerprint density at radius 2 is 1.96 bits per heavy atom. The fraction of sp³-hybridized carbons (Fsp3) is 0.278. The molecule has 4 nitrogen and oxygen atoms in total. The molecule has 0 aliphatic carbocycles. The van der Waals surface area contributed by atoms with Gasteiger partial charge < -0.3 is 15.4 Å². The lowest BCUT2D eigenvalue weighted by atomic mass is 10.1. The van der Waals surface area contributed by atoms with E-state index in [0.29, 0.717) is 22.0 Å². The zero-order valence-electron chi connectivity index (χ0n) is 14.1. The number of carbonyl (C=O) groups is 1. The van der Waals surface area contributed by atoms with E-state index in [1.165, 1.54) is 19.2 Å². The van der Waals surface area contributed by atoms with Crippen LogP contribution in [0.5, 0.6) is 5.75 Å². The first-order chi connectivity index (χ1) is 11.8. The summed E-state index contributed by atoms with van der Waals surface area (Å²) in [5, 5.41) is 6.10. The molecule has 0 spiro atoms. The Hall–Kier alpha value is -1.82. The first kappa shape index (κ1) is 19.5. The van der Waals surface area contributed by atoms with Crippen LogP contribution in [0.3, 0.4) is 0 Å². The molecule has 0 heterocycles. The maximum Gasteiger partial charge on any atom is 0.238 e. The van der Waals surface area contributed by atoms with Crippen molar-refractivity contribution in [2.24, 2.45) is 0 Å². The van der Waals surface area contributed by atoms with Gasteiger partial charge in [-0.25, -0.2) is 4.39 Å². The van der Waals surface area contributed by atoms with Crippen LogP contribution in [0, 0.1) is 12.7 Å². The largest absolute Gasteiger partial charge is 0.495 e. The molecule has 2 rings (SSSR count). The Kier molecular flexibility index (Phi) is 6.64. The van der Waals surface area contributed by atoms with Gasteiger partial charge in [-0.2, -0.15) is 0 Å². The van der Waals surface area contributed by atoms with Gasteiger partial charge in [-0.15, -0.1) is 0 Å². The third kappa shape index (κ3) is 5.08. The lowest BCUT2D eigenvalue weighted by Crippen LogP contribution is -2.30. The van der Waals surface area contributed by atoms with E-state index in [2.05, 4.69) is 10.6 Å². The first-order valence-corrected chi connectivity index (χ1v) is 8.39. The molecule has 0 fully saturated rings. The van der Waals surface area contributed by atoms with Crippen LogP contribution in [-0.2, 0) is 4.79 Å². The van der Waals surface area contributed by atoms with Crippen molar-refractivity contribution in [1.29, 1.82) is 0 Å². The van der Waals surface area contributed by atoms with Crippen LogP contribution in [0.4, 0.5) is 10.1 Å². The van der Waals surface area contributed by atoms with Gasteiger partial charge in [0.25, 0.3) is 0 Å². The lowest BCUT2D eigenvalue weighted by molar-refractivity contribution is -0.115. The Morgan fingerprint density at radius 3 is 2.64 bits per heavy atom. The Bertz CT molecular complexity index is 784. The zero-order valence-corrected chi connectivity index (χ0v) is 15.6. The predicted molar refractivity (Wildman–Crippen MR) is 99.2 cm³/mol. The van der Waals surface area contributed by atoms with Gasteiger partial charge in [0.15, 0.2) is 0 Å². The SMILES string of the molecule is COc1ccc(C)cc1NC(=O)CN[C@H](C)c1cc(F)c(Cl)cc1Cl. The topological polar surface area (TPSA) is 50.4 Å². The van der Waals surface area contributed by atoms with Gasteiger partial charge in [-0.05, 0) is 49.2 Å². The standard InChI is InChI=1S/C18H19Cl2FN2O2/c1-10-4-5-17(25-3)16(6-10)23-18(24)9-22-11(2)12-7-15(21)14(20)8-13(12)19/h4-8,11,22H,9H2,1-3H3,(H,23,24)/t11-/m1/s1. The van der Waals surface area contributed by atoms with E-state index in [0.717, 1.165) is 5.56 Å². The maximum absolute atomic E-state index is 13.6. The minimum absolute atomic E-state index is 0.0266. The quantitative estimate of drug-likeness (QED) is 0.707. The molecule has 134 valence electrons. The van der Waals surface area contributed by atoms with Gasteiger partial charge >= 0.3 is 0 Å². The van der Waals surface area contributed by atoms with E-state index in [4.69, 9.17) is 27.9 Å². The number of carbonyl (C=O) groups excluding carboxylic acids is 1. The summed E-state index contributed by atoms with van der Waals surface area (Å²) in [7, 11) is 1.54. The van der Waals surface area contributed by atoms with Crippen molar-refractivity contribution in [2.75, 3.05) is 19.0 Å². The van der Waals surface area contributed by atoms with Crippen molar-refractivity contribution in [1.82, 2.24) is 5.32 Å². The molecule has 0 radical (unpaired) electrons. The monoisotopic (exact) mass is 384 g/mol. The fourth-order valence-corrected chi connectivity index (χ4v) is 2.89. The minimum atomic E-state index is -0.552. The number of amides is 1. The molecule has 7 heteroatoms. The van der Waals surface area contributed by atoms with E-state index in [-0.39, 0.29) is 23.5 Å². The third-order valence-corrected chi connectivity index (χ3v) is 4.32. The zero-order chi connectivity index (χ0) is 18.6. The van der Waals surface area contributed by atoms with Crippen LogP contribution in [0.25, 0.3) is 0 Å². The summed E-state index contributed by atoms with van der Waals surface area (Å²) in [6.45, 7) is 3.74. The van der Waals surface area contributed by atoms with E-state index in [1.54, 1.807) is 13.0 Å². The van der Waals surface area contributed by atoms with Gasteiger partial charge in [0.1, 0.15) is 11.6 Å². The number of anilines is 1. The van der Waals surface area contributed by atoms with Crippen LogP contribution in [-0.4, -0.2) is 19.6 Å². The molecule has 0 saturated heterocycles. The molecule has 2 N–H and O–H groups in total. The Labute approximate surface area is 156 Å². The summed E-state index contributed by atoms with van der Waals surface area (Å²) in [5.74, 6) is -0.222. The molecule has 0 aliphatic heterocycles. The summed E-state index contributed by atoms with van der Waals surface area (Å²) < 4.78 is 18.8. The second-order valence-electron chi connectivity index (χ2n) is 5.64. The van der Waals surface area contributed by atoms with Gasteiger partial charge in [0.2, 0.25) is 5.91 Å². The highest BCUT2D eigenvalue weighted by Crippen LogP contribution is 2.29. The number of benzene rings is 2. The van der Waals surface area contributed by atoms with Crippen LogP contribution in [0.1, 0.15) is 24.1 Å². The fourth-order valence-electron chi connectivity index (χ4n) is 2.34. The molecule has 2 aromatic carbocycles. The number of hydrogen-bond donors (Lipinski definition) is 2. The van der Waals surface area contributed by atoms with Crippen LogP contribution >= 0.6 is 23.2 Å². The van der Waals surface area contributed by atoms with Crippen molar-refractivity contribution >= 4 is 34.8 Å². The number of nitrogens with one attached hydrogen (secondary N) is 2. The molecule has 0 aromatic heterocycles. The molecule has 2 aromatic rings. The molecule has 25 heavy (non-hydrogen) atoms. The van der Waals surface area contributed by atoms with Crippen LogP contribution in [0.15, 0.2) is 30.3 Å². The van der Waals surface area contributed by atoms with Crippen molar-refractivity contribution in [2.45, 2.75) is 19.9 Å².